The van der Waals surface area contributed by atoms with E-state index in [-0.39, 0.29) is 37.5 Å². The second-order valence-corrected chi connectivity index (χ2v) is 20.9. The molecule has 6 heteroatoms. The zero-order valence-corrected chi connectivity index (χ0v) is 51.5. The lowest BCUT2D eigenvalue weighted by molar-refractivity contribution is -0.167. The van der Waals surface area contributed by atoms with Crippen molar-refractivity contribution in [2.24, 2.45) is 0 Å². The van der Waals surface area contributed by atoms with Gasteiger partial charge in [-0.25, -0.2) is 0 Å². The zero-order chi connectivity index (χ0) is 57.8. The maximum absolute atomic E-state index is 12.9. The fourth-order valence-electron chi connectivity index (χ4n) is 8.44. The van der Waals surface area contributed by atoms with Gasteiger partial charge in [0, 0.05) is 19.3 Å². The fraction of sp³-hybridized carbons (Fsp3) is 0.608. The summed E-state index contributed by atoms with van der Waals surface area (Å²) in [5, 5.41) is 0. The van der Waals surface area contributed by atoms with Gasteiger partial charge in [-0.1, -0.05) is 262 Å². The minimum Gasteiger partial charge on any atom is -0.462 e. The molecule has 0 saturated carbocycles. The molecule has 0 aromatic rings. The van der Waals surface area contributed by atoms with E-state index in [1.165, 1.54) is 57.8 Å². The number of unbranched alkanes of at least 4 members (excludes halogenated alkanes) is 20. The van der Waals surface area contributed by atoms with Crippen LogP contribution < -0.4 is 0 Å². The Hall–Kier alpha value is -4.97. The lowest BCUT2D eigenvalue weighted by Crippen LogP contribution is -2.30. The minimum atomic E-state index is -0.811. The molecule has 0 heterocycles. The van der Waals surface area contributed by atoms with Crippen LogP contribution in [0, 0.1) is 0 Å². The van der Waals surface area contributed by atoms with E-state index >= 15 is 0 Å². The summed E-state index contributed by atoms with van der Waals surface area (Å²) < 4.78 is 16.9. The highest BCUT2D eigenvalue weighted by molar-refractivity contribution is 5.71. The topological polar surface area (TPSA) is 78.9 Å². The Morgan fingerprint density at radius 2 is 0.487 bits per heavy atom. The molecule has 0 aliphatic heterocycles. The van der Waals surface area contributed by atoms with Crippen molar-refractivity contribution in [3.05, 3.63) is 158 Å². The Balaban J connectivity index is 4.43. The quantitative estimate of drug-likeness (QED) is 0.0261. The first-order valence-electron chi connectivity index (χ1n) is 32.5. The molecular formula is C74H118O6. The number of hydrogen-bond acceptors (Lipinski definition) is 6. The van der Waals surface area contributed by atoms with Crippen molar-refractivity contribution in [1.29, 1.82) is 0 Å². The van der Waals surface area contributed by atoms with Crippen molar-refractivity contribution in [2.45, 2.75) is 277 Å². The molecule has 0 aromatic heterocycles. The van der Waals surface area contributed by atoms with E-state index in [0.717, 1.165) is 173 Å². The predicted octanol–water partition coefficient (Wildman–Crippen LogP) is 22.5. The van der Waals surface area contributed by atoms with Crippen LogP contribution in [0.4, 0.5) is 0 Å². The lowest BCUT2D eigenvalue weighted by atomic mass is 10.1. The third-order valence-electron chi connectivity index (χ3n) is 13.2. The van der Waals surface area contributed by atoms with Crippen LogP contribution in [0.5, 0.6) is 0 Å². The smallest absolute Gasteiger partial charge is 0.306 e. The van der Waals surface area contributed by atoms with E-state index in [1.807, 2.05) is 0 Å². The van der Waals surface area contributed by atoms with Crippen LogP contribution in [0.25, 0.3) is 0 Å². The van der Waals surface area contributed by atoms with Crippen molar-refractivity contribution in [1.82, 2.24) is 0 Å². The molecule has 0 spiro atoms. The van der Waals surface area contributed by atoms with Crippen LogP contribution in [0.15, 0.2) is 158 Å². The minimum absolute atomic E-state index is 0.105. The first kappa shape index (κ1) is 75.0. The third-order valence-corrected chi connectivity index (χ3v) is 13.2. The van der Waals surface area contributed by atoms with Crippen molar-refractivity contribution >= 4 is 17.9 Å². The van der Waals surface area contributed by atoms with Crippen molar-refractivity contribution in [3.63, 3.8) is 0 Å². The van der Waals surface area contributed by atoms with E-state index in [9.17, 15) is 14.4 Å². The maximum Gasteiger partial charge on any atom is 0.306 e. The second kappa shape index (κ2) is 66.5. The number of ether oxygens (including phenoxy) is 3. The molecule has 0 aliphatic rings. The van der Waals surface area contributed by atoms with E-state index in [4.69, 9.17) is 14.2 Å². The standard InChI is InChI=1S/C74H118O6/c1-4-7-10-13-16-19-22-25-28-31-32-33-34-35-36-37-38-39-40-41-42-44-46-49-52-55-58-61-64-67-73(76)79-70-71(69-78-72(75)66-63-60-57-54-51-48-45-30-27-24-21-18-15-12-9-6-3)80-74(77)68-65-62-59-56-53-50-47-43-29-26-23-20-17-14-11-8-5-2/h7-8,10-11,16-17,19-21,24-26,28-30,32-33,35-36,38-39,41-42,45,47,50,71H,4-6,9,12-15,18,22-23,27,31,34,37,40,43-44,46,48-49,51-70H2,1-3H3/b10-7-,11-8-,19-16-,20-17-,24-21-,28-25-,29-26-,33-32-,36-35-,39-38-,42-41-,45-30-,50-47-. The van der Waals surface area contributed by atoms with Crippen LogP contribution in [0.3, 0.4) is 0 Å². The van der Waals surface area contributed by atoms with Gasteiger partial charge in [-0.2, -0.15) is 0 Å². The molecule has 0 aliphatic carbocycles. The summed E-state index contributed by atoms with van der Waals surface area (Å²) >= 11 is 0. The normalized spacial score (nSPS) is 13.2. The molecule has 0 rings (SSSR count). The van der Waals surface area contributed by atoms with E-state index in [2.05, 4.69) is 179 Å². The van der Waals surface area contributed by atoms with Crippen LogP contribution >= 0.6 is 0 Å². The summed E-state index contributed by atoms with van der Waals surface area (Å²) in [6.07, 6.45) is 96.7. The summed E-state index contributed by atoms with van der Waals surface area (Å²) in [7, 11) is 0. The van der Waals surface area contributed by atoms with Crippen LogP contribution in [-0.2, 0) is 28.6 Å². The number of carbonyl (C=O) groups excluding carboxylic acids is 3. The highest BCUT2D eigenvalue weighted by Crippen LogP contribution is 2.14. The van der Waals surface area contributed by atoms with Gasteiger partial charge in [0.15, 0.2) is 6.10 Å². The molecule has 0 bridgehead atoms. The third kappa shape index (κ3) is 63.9. The Morgan fingerprint density at radius 3 is 0.762 bits per heavy atom. The number of allylic oxidation sites excluding steroid dienone is 26. The molecule has 1 atom stereocenters. The fourth-order valence-corrected chi connectivity index (χ4v) is 8.44. The summed E-state index contributed by atoms with van der Waals surface area (Å²) in [4.78, 5) is 38.3. The van der Waals surface area contributed by atoms with Gasteiger partial charge in [-0.3, -0.25) is 14.4 Å². The molecule has 1 unspecified atom stereocenters. The molecular weight excluding hydrogens is 985 g/mol. The molecule has 450 valence electrons. The Kier molecular flexibility index (Phi) is 62.4. The van der Waals surface area contributed by atoms with Gasteiger partial charge >= 0.3 is 17.9 Å². The van der Waals surface area contributed by atoms with E-state index < -0.39 is 6.10 Å². The van der Waals surface area contributed by atoms with Crippen LogP contribution in [-0.4, -0.2) is 37.2 Å². The second-order valence-electron chi connectivity index (χ2n) is 20.9. The summed E-state index contributed by atoms with van der Waals surface area (Å²) in [5.41, 5.74) is 0. The van der Waals surface area contributed by atoms with Crippen LogP contribution in [0.2, 0.25) is 0 Å². The van der Waals surface area contributed by atoms with Gasteiger partial charge in [0.1, 0.15) is 13.2 Å². The number of carbonyl (C=O) groups is 3. The summed E-state index contributed by atoms with van der Waals surface area (Å²) in [6.45, 7) is 6.35. The van der Waals surface area contributed by atoms with Gasteiger partial charge in [-0.05, 0) is 148 Å². The monoisotopic (exact) mass is 1100 g/mol. The molecule has 0 amide bonds. The van der Waals surface area contributed by atoms with Gasteiger partial charge in [0.25, 0.3) is 0 Å². The molecule has 0 saturated heterocycles. The number of hydrogen-bond donors (Lipinski definition) is 0. The molecule has 0 aromatic carbocycles. The predicted molar refractivity (Wildman–Crippen MR) is 348 cm³/mol. The molecule has 6 nitrogen and oxygen atoms in total. The van der Waals surface area contributed by atoms with Crippen molar-refractivity contribution < 1.29 is 28.6 Å². The molecule has 80 heavy (non-hydrogen) atoms. The average Bonchev–Trinajstić information content (AvgIpc) is 3.46. The SMILES string of the molecule is CC/C=C\C/C=C\C/C=C\C/C=C\C/C=C\C/C=C\C/C=C\CCCCCCCCCC(=O)OCC(COC(=O)CCCCCCC/C=C\C/C=C\CCCCCC)OC(=O)CCCCCC/C=C\C/C=C\C/C=C\C/C=C\CC. The largest absolute Gasteiger partial charge is 0.462 e. The Morgan fingerprint density at radius 1 is 0.263 bits per heavy atom. The highest BCUT2D eigenvalue weighted by Gasteiger charge is 2.19. The summed E-state index contributed by atoms with van der Waals surface area (Å²) in [6, 6.07) is 0. The summed E-state index contributed by atoms with van der Waals surface area (Å²) in [5.74, 6) is -0.954. The van der Waals surface area contributed by atoms with Crippen LogP contribution in [0.1, 0.15) is 271 Å². The Labute approximate surface area is 492 Å². The zero-order valence-electron chi connectivity index (χ0n) is 51.5. The molecule has 0 N–H and O–H groups in total. The van der Waals surface area contributed by atoms with Crippen molar-refractivity contribution in [3.8, 4) is 0 Å². The van der Waals surface area contributed by atoms with E-state index in [1.54, 1.807) is 0 Å². The highest BCUT2D eigenvalue weighted by atomic mass is 16.6. The first-order valence-corrected chi connectivity index (χ1v) is 32.5. The van der Waals surface area contributed by atoms with Gasteiger partial charge in [0.2, 0.25) is 0 Å². The lowest BCUT2D eigenvalue weighted by Gasteiger charge is -2.18. The van der Waals surface area contributed by atoms with Crippen molar-refractivity contribution in [2.75, 3.05) is 13.2 Å². The van der Waals surface area contributed by atoms with E-state index in [0.29, 0.717) is 12.8 Å². The average molecular weight is 1100 g/mol. The molecule has 0 fully saturated rings. The van der Waals surface area contributed by atoms with Gasteiger partial charge in [0.05, 0.1) is 0 Å². The Bertz CT molecular complexity index is 1790. The number of rotatable bonds is 57. The molecule has 0 radical (unpaired) electrons. The first-order chi connectivity index (χ1) is 39.5. The van der Waals surface area contributed by atoms with Gasteiger partial charge < -0.3 is 14.2 Å². The number of esters is 3. The van der Waals surface area contributed by atoms with Gasteiger partial charge in [-0.15, -0.1) is 0 Å². The maximum atomic E-state index is 12.9.